The topological polar surface area (TPSA) is 108 Å². The highest BCUT2D eigenvalue weighted by atomic mass is 32.2. The van der Waals surface area contributed by atoms with Crippen molar-refractivity contribution in [3.8, 4) is 0 Å². The Labute approximate surface area is 212 Å². The van der Waals surface area contributed by atoms with Gasteiger partial charge in [-0.15, -0.1) is 0 Å². The number of benzene rings is 3. The number of aryl methyl sites for hydroxylation is 3. The molecule has 0 saturated carbocycles. The maximum atomic E-state index is 13.6. The predicted molar refractivity (Wildman–Crippen MR) is 143 cm³/mol. The Balaban J connectivity index is 1.85. The van der Waals surface area contributed by atoms with Gasteiger partial charge in [0.1, 0.15) is 6.54 Å². The molecule has 8 nitrogen and oxygen atoms in total. The highest BCUT2D eigenvalue weighted by molar-refractivity contribution is 7.92. The number of amides is 2. The lowest BCUT2D eigenvalue weighted by Crippen LogP contribution is -2.40. The summed E-state index contributed by atoms with van der Waals surface area (Å²) >= 11 is 0. The lowest BCUT2D eigenvalue weighted by atomic mass is 10.1. The summed E-state index contributed by atoms with van der Waals surface area (Å²) in [4.78, 5) is 24.2. The Morgan fingerprint density at radius 3 is 2.06 bits per heavy atom. The van der Waals surface area contributed by atoms with Gasteiger partial charge in [-0.1, -0.05) is 47.5 Å². The number of nitrogens with one attached hydrogen (secondary N) is 2. The molecule has 0 aliphatic rings. The molecule has 0 heterocycles. The van der Waals surface area contributed by atoms with Crippen LogP contribution in [0.25, 0.3) is 0 Å². The highest BCUT2D eigenvalue weighted by Crippen LogP contribution is 2.27. The lowest BCUT2D eigenvalue weighted by Gasteiger charge is -2.25. The zero-order chi connectivity index (χ0) is 26.5. The van der Waals surface area contributed by atoms with Crippen LogP contribution in [0.2, 0.25) is 0 Å². The number of anilines is 2. The van der Waals surface area contributed by atoms with Gasteiger partial charge in [0.2, 0.25) is 5.91 Å². The minimum Gasteiger partial charge on any atom is -0.326 e. The summed E-state index contributed by atoms with van der Waals surface area (Å²) in [5.41, 5.74) is 7.45. The first-order chi connectivity index (χ1) is 17.0. The van der Waals surface area contributed by atoms with E-state index >= 15 is 0 Å². The van der Waals surface area contributed by atoms with E-state index in [-0.39, 0.29) is 10.8 Å². The fourth-order valence-corrected chi connectivity index (χ4v) is 5.08. The minimum atomic E-state index is -4.02. The van der Waals surface area contributed by atoms with Crippen molar-refractivity contribution in [2.45, 2.75) is 39.5 Å². The average Bonchev–Trinajstić information content (AvgIpc) is 2.82. The van der Waals surface area contributed by atoms with Crippen LogP contribution in [0, 0.1) is 20.8 Å². The van der Waals surface area contributed by atoms with E-state index < -0.39 is 22.5 Å². The first-order valence-corrected chi connectivity index (χ1v) is 12.8. The van der Waals surface area contributed by atoms with E-state index in [1.165, 1.54) is 19.1 Å². The Kier molecular flexibility index (Phi) is 8.26. The molecule has 36 heavy (non-hydrogen) atoms. The molecule has 188 valence electrons. The third-order valence-electron chi connectivity index (χ3n) is 5.49. The normalized spacial score (nSPS) is 11.6. The molecule has 0 aromatic heterocycles. The van der Waals surface area contributed by atoms with Crippen LogP contribution in [-0.4, -0.2) is 32.5 Å². The first kappa shape index (κ1) is 26.6. The van der Waals surface area contributed by atoms with E-state index in [0.717, 1.165) is 26.6 Å². The van der Waals surface area contributed by atoms with E-state index in [4.69, 9.17) is 0 Å². The largest absolute Gasteiger partial charge is 0.326 e. The molecule has 0 spiro atoms. The molecule has 9 heteroatoms. The highest BCUT2D eigenvalue weighted by Gasteiger charge is 2.28. The monoisotopic (exact) mass is 506 g/mol. The Hall–Kier alpha value is -3.98. The van der Waals surface area contributed by atoms with Crippen LogP contribution in [0.15, 0.2) is 76.7 Å². The van der Waals surface area contributed by atoms with Gasteiger partial charge in [0, 0.05) is 12.6 Å². The van der Waals surface area contributed by atoms with E-state index in [9.17, 15) is 18.0 Å². The minimum absolute atomic E-state index is 0.0971. The summed E-state index contributed by atoms with van der Waals surface area (Å²) in [6.45, 7) is 8.31. The summed E-state index contributed by atoms with van der Waals surface area (Å²) in [5.74, 6) is -0.755. The molecule has 0 fully saturated rings. The molecule has 0 bridgehead atoms. The zero-order valence-corrected chi connectivity index (χ0v) is 21.8. The summed E-state index contributed by atoms with van der Waals surface area (Å²) in [7, 11) is -4.02. The molecule has 0 aliphatic heterocycles. The second-order valence-electron chi connectivity index (χ2n) is 8.61. The van der Waals surface area contributed by atoms with Gasteiger partial charge in [0.05, 0.1) is 16.3 Å². The van der Waals surface area contributed by atoms with Gasteiger partial charge in [-0.3, -0.25) is 13.9 Å². The van der Waals surface area contributed by atoms with Gasteiger partial charge in [0.25, 0.3) is 15.9 Å². The molecular formula is C27H30N4O4S. The van der Waals surface area contributed by atoms with E-state index in [0.29, 0.717) is 17.1 Å². The molecular weight excluding hydrogens is 476 g/mol. The van der Waals surface area contributed by atoms with Crippen molar-refractivity contribution in [3.63, 3.8) is 0 Å². The lowest BCUT2D eigenvalue weighted by molar-refractivity contribution is -0.119. The number of hydrogen-bond acceptors (Lipinski definition) is 5. The fraction of sp³-hybridized carbons (Fsp3) is 0.222. The van der Waals surface area contributed by atoms with Crippen molar-refractivity contribution >= 4 is 38.9 Å². The molecule has 3 aromatic rings. The first-order valence-electron chi connectivity index (χ1n) is 11.3. The summed E-state index contributed by atoms with van der Waals surface area (Å²) in [6.07, 6.45) is 0. The van der Waals surface area contributed by atoms with Crippen LogP contribution in [0.1, 0.15) is 36.1 Å². The quantitative estimate of drug-likeness (QED) is 0.351. The maximum Gasteiger partial charge on any atom is 0.264 e. The molecule has 3 aromatic carbocycles. The van der Waals surface area contributed by atoms with Crippen LogP contribution in [0.4, 0.5) is 11.4 Å². The molecule has 0 aliphatic carbocycles. The Bertz CT molecular complexity index is 1400. The number of carbonyl (C=O) groups excluding carboxylic acids is 2. The molecule has 0 radical (unpaired) electrons. The molecule has 0 unspecified atom stereocenters. The fourth-order valence-electron chi connectivity index (χ4n) is 3.60. The summed E-state index contributed by atoms with van der Waals surface area (Å²) in [5, 5.41) is 6.83. The van der Waals surface area contributed by atoms with Gasteiger partial charge >= 0.3 is 0 Å². The number of carbonyl (C=O) groups is 2. The number of hydrogen-bond donors (Lipinski definition) is 2. The average molecular weight is 507 g/mol. The van der Waals surface area contributed by atoms with Crippen molar-refractivity contribution in [3.05, 3.63) is 89.0 Å². The van der Waals surface area contributed by atoms with Gasteiger partial charge in [0.15, 0.2) is 0 Å². The summed E-state index contributed by atoms with van der Waals surface area (Å²) in [6, 6.07) is 18.9. The van der Waals surface area contributed by atoms with Crippen molar-refractivity contribution in [2.75, 3.05) is 16.2 Å². The van der Waals surface area contributed by atoms with Gasteiger partial charge in [-0.05, 0) is 69.2 Å². The van der Waals surface area contributed by atoms with E-state index in [1.807, 2.05) is 32.9 Å². The molecule has 3 rings (SSSR count). The van der Waals surface area contributed by atoms with Crippen LogP contribution >= 0.6 is 0 Å². The van der Waals surface area contributed by atoms with Gasteiger partial charge < -0.3 is 5.32 Å². The van der Waals surface area contributed by atoms with Crippen molar-refractivity contribution in [2.24, 2.45) is 5.10 Å². The molecule has 0 atom stereocenters. The van der Waals surface area contributed by atoms with Gasteiger partial charge in [-0.2, -0.15) is 5.10 Å². The van der Waals surface area contributed by atoms with Crippen molar-refractivity contribution in [1.82, 2.24) is 5.43 Å². The number of hydrazone groups is 1. The smallest absolute Gasteiger partial charge is 0.264 e. The number of nitrogens with zero attached hydrogens (tertiary/aromatic N) is 2. The Morgan fingerprint density at radius 2 is 1.47 bits per heavy atom. The van der Waals surface area contributed by atoms with Crippen LogP contribution in [-0.2, 0) is 19.6 Å². The molecule has 0 saturated heterocycles. The van der Waals surface area contributed by atoms with E-state index in [1.54, 1.807) is 49.4 Å². The second kappa shape index (κ2) is 11.2. The number of sulfonamides is 1. The number of rotatable bonds is 8. The van der Waals surface area contributed by atoms with Crippen molar-refractivity contribution < 1.29 is 18.0 Å². The van der Waals surface area contributed by atoms with Crippen LogP contribution in [0.5, 0.6) is 0 Å². The second-order valence-corrected chi connectivity index (χ2v) is 10.5. The van der Waals surface area contributed by atoms with Crippen LogP contribution in [0.3, 0.4) is 0 Å². The standard InChI is InChI=1S/C27H30N4O4S/c1-18-6-13-25(14-7-18)36(34,35)31(26-15-8-19(2)16-20(26)3)17-27(33)30-29-21(4)23-9-11-24(12-10-23)28-22(5)32/h6-16H,17H2,1-5H3,(H,28,32)(H,30,33)/b29-21-. The zero-order valence-electron chi connectivity index (χ0n) is 21.0. The Morgan fingerprint density at radius 1 is 0.861 bits per heavy atom. The molecule has 2 N–H and O–H groups in total. The third-order valence-corrected chi connectivity index (χ3v) is 7.26. The van der Waals surface area contributed by atoms with Crippen molar-refractivity contribution in [1.29, 1.82) is 0 Å². The third kappa shape index (κ3) is 6.57. The predicted octanol–water partition coefficient (Wildman–Crippen LogP) is 4.31. The SMILES string of the molecule is CC(=O)Nc1ccc(/C(C)=N\NC(=O)CN(c2ccc(C)cc2C)S(=O)(=O)c2ccc(C)cc2)cc1. The van der Waals surface area contributed by atoms with Gasteiger partial charge in [-0.25, -0.2) is 13.8 Å². The maximum absolute atomic E-state index is 13.6. The molecule has 2 amide bonds. The van der Waals surface area contributed by atoms with E-state index in [2.05, 4.69) is 15.8 Å². The van der Waals surface area contributed by atoms with Crippen LogP contribution < -0.4 is 15.0 Å². The summed E-state index contributed by atoms with van der Waals surface area (Å²) < 4.78 is 28.2.